The number of rotatable bonds is 4. The van der Waals surface area contributed by atoms with Crippen LogP contribution in [0.15, 0.2) is 47.8 Å². The Hall–Kier alpha value is -2.08. The summed E-state index contributed by atoms with van der Waals surface area (Å²) < 4.78 is 0. The van der Waals surface area contributed by atoms with Gasteiger partial charge in [0, 0.05) is 37.2 Å². The molecule has 0 saturated carbocycles. The fraction of sp³-hybridized carbons (Fsp3) is 0.421. The third-order valence-electron chi connectivity index (χ3n) is 5.01. The average Bonchev–Trinajstić information content (AvgIpc) is 3.01. The van der Waals surface area contributed by atoms with Gasteiger partial charge >= 0.3 is 0 Å². The summed E-state index contributed by atoms with van der Waals surface area (Å²) in [5, 5.41) is 3.94. The highest BCUT2D eigenvalue weighted by molar-refractivity contribution is 7.98. The molecular formula is C19H22N4OS. The second-order valence-corrected chi connectivity index (χ2v) is 7.96. The molecule has 1 amide bonds. The molecule has 2 saturated heterocycles. The van der Waals surface area contributed by atoms with Crippen molar-refractivity contribution >= 4 is 23.5 Å². The Labute approximate surface area is 152 Å². The summed E-state index contributed by atoms with van der Waals surface area (Å²) in [6.07, 6.45) is 6.52. The van der Waals surface area contributed by atoms with E-state index in [1.807, 2.05) is 18.5 Å². The van der Waals surface area contributed by atoms with Crippen molar-refractivity contribution in [2.24, 2.45) is 5.41 Å². The van der Waals surface area contributed by atoms with Crippen LogP contribution in [0, 0.1) is 5.41 Å². The number of carbonyl (C=O) groups excluding carboxylic acids is 1. The highest BCUT2D eigenvalue weighted by Gasteiger charge is 2.42. The first-order valence-electron chi connectivity index (χ1n) is 8.73. The number of piperidine rings is 1. The van der Waals surface area contributed by atoms with E-state index in [0.717, 1.165) is 49.1 Å². The molecule has 2 aromatic rings. The first kappa shape index (κ1) is 16.4. The second kappa shape index (κ2) is 7.04. The van der Waals surface area contributed by atoms with E-state index in [1.165, 1.54) is 5.56 Å². The molecule has 1 atom stereocenters. The molecule has 3 heterocycles. The summed E-state index contributed by atoms with van der Waals surface area (Å²) in [5.41, 5.74) is 1.36. The summed E-state index contributed by atoms with van der Waals surface area (Å²) in [4.78, 5) is 23.2. The topological polar surface area (TPSA) is 58.1 Å². The van der Waals surface area contributed by atoms with Crippen molar-refractivity contribution in [2.45, 2.75) is 30.0 Å². The largest absolute Gasteiger partial charge is 0.355 e. The molecule has 6 heteroatoms. The van der Waals surface area contributed by atoms with Crippen molar-refractivity contribution in [1.29, 1.82) is 0 Å². The quantitative estimate of drug-likeness (QED) is 0.856. The third-order valence-corrected chi connectivity index (χ3v) is 5.98. The van der Waals surface area contributed by atoms with E-state index >= 15 is 0 Å². The summed E-state index contributed by atoms with van der Waals surface area (Å²) in [6, 6.07) is 10.4. The maximum absolute atomic E-state index is 11.7. The van der Waals surface area contributed by atoms with Gasteiger partial charge in [0.05, 0.1) is 12.4 Å². The Morgan fingerprint density at radius 3 is 2.92 bits per heavy atom. The van der Waals surface area contributed by atoms with Gasteiger partial charge in [-0.15, -0.1) is 11.8 Å². The van der Waals surface area contributed by atoms with E-state index in [4.69, 9.17) is 4.98 Å². The maximum atomic E-state index is 11.7. The normalized spacial score (nSPS) is 23.0. The highest BCUT2D eigenvalue weighted by atomic mass is 32.2. The number of nitrogens with zero attached hydrogens (tertiary/aromatic N) is 3. The number of anilines is 1. The van der Waals surface area contributed by atoms with Crippen molar-refractivity contribution in [1.82, 2.24) is 15.3 Å². The average molecular weight is 354 g/mol. The fourth-order valence-corrected chi connectivity index (χ4v) is 4.54. The van der Waals surface area contributed by atoms with Crippen LogP contribution in [0.2, 0.25) is 0 Å². The van der Waals surface area contributed by atoms with Crippen molar-refractivity contribution < 1.29 is 4.79 Å². The SMILES string of the molecule is O=C1CC2(CCCN(c3cncc(SCc4ccccc4)n3)C2)CN1. The smallest absolute Gasteiger partial charge is 0.220 e. The lowest BCUT2D eigenvalue weighted by Gasteiger charge is -2.39. The molecule has 2 aliphatic heterocycles. The fourth-order valence-electron chi connectivity index (χ4n) is 3.74. The zero-order valence-electron chi connectivity index (χ0n) is 14.1. The molecule has 25 heavy (non-hydrogen) atoms. The van der Waals surface area contributed by atoms with E-state index in [9.17, 15) is 4.79 Å². The van der Waals surface area contributed by atoms with Gasteiger partial charge in [-0.25, -0.2) is 4.98 Å². The van der Waals surface area contributed by atoms with E-state index in [0.29, 0.717) is 6.42 Å². The Morgan fingerprint density at radius 1 is 1.24 bits per heavy atom. The molecule has 1 aromatic carbocycles. The van der Waals surface area contributed by atoms with Crippen LogP contribution in [-0.2, 0) is 10.5 Å². The number of hydrogen-bond acceptors (Lipinski definition) is 5. The van der Waals surface area contributed by atoms with Gasteiger partial charge in [0.15, 0.2) is 0 Å². The summed E-state index contributed by atoms with van der Waals surface area (Å²) in [5.74, 6) is 2.00. The van der Waals surface area contributed by atoms with Crippen LogP contribution >= 0.6 is 11.8 Å². The zero-order valence-corrected chi connectivity index (χ0v) is 15.0. The number of carbonyl (C=O) groups is 1. The van der Waals surface area contributed by atoms with Crippen molar-refractivity contribution in [3.05, 3.63) is 48.3 Å². The predicted molar refractivity (Wildman–Crippen MR) is 99.5 cm³/mol. The van der Waals surface area contributed by atoms with Crippen molar-refractivity contribution in [3.63, 3.8) is 0 Å². The second-order valence-electron chi connectivity index (χ2n) is 6.97. The third kappa shape index (κ3) is 3.79. The Morgan fingerprint density at radius 2 is 2.12 bits per heavy atom. The first-order valence-corrected chi connectivity index (χ1v) is 9.72. The van der Waals surface area contributed by atoms with Gasteiger partial charge in [-0.3, -0.25) is 9.78 Å². The Kier molecular flexibility index (Phi) is 4.61. The minimum absolute atomic E-state index is 0.0736. The number of hydrogen-bond donors (Lipinski definition) is 1. The van der Waals surface area contributed by atoms with Crippen LogP contribution in [0.1, 0.15) is 24.8 Å². The summed E-state index contributed by atoms with van der Waals surface area (Å²) in [6.45, 7) is 2.66. The maximum Gasteiger partial charge on any atom is 0.220 e. The molecule has 2 aliphatic rings. The first-order chi connectivity index (χ1) is 12.2. The van der Waals surface area contributed by atoms with Gasteiger partial charge in [-0.05, 0) is 18.4 Å². The number of nitrogens with one attached hydrogen (secondary N) is 1. The van der Waals surface area contributed by atoms with Gasteiger partial charge in [-0.2, -0.15) is 0 Å². The summed E-state index contributed by atoms with van der Waals surface area (Å²) >= 11 is 1.71. The van der Waals surface area contributed by atoms with E-state index in [2.05, 4.69) is 39.5 Å². The lowest BCUT2D eigenvalue weighted by Crippen LogP contribution is -2.45. The molecule has 1 unspecified atom stereocenters. The van der Waals surface area contributed by atoms with Gasteiger partial charge in [-0.1, -0.05) is 30.3 Å². The van der Waals surface area contributed by atoms with E-state index in [-0.39, 0.29) is 11.3 Å². The molecule has 2 fully saturated rings. The molecule has 1 N–H and O–H groups in total. The molecule has 5 nitrogen and oxygen atoms in total. The van der Waals surface area contributed by atoms with Crippen molar-refractivity contribution in [3.8, 4) is 0 Å². The number of aromatic nitrogens is 2. The van der Waals surface area contributed by atoms with Gasteiger partial charge in [0.1, 0.15) is 10.8 Å². The molecule has 1 aromatic heterocycles. The van der Waals surface area contributed by atoms with E-state index < -0.39 is 0 Å². The van der Waals surface area contributed by atoms with Gasteiger partial charge in [0.25, 0.3) is 0 Å². The van der Waals surface area contributed by atoms with Gasteiger partial charge < -0.3 is 10.2 Å². The minimum atomic E-state index is 0.0736. The van der Waals surface area contributed by atoms with Crippen LogP contribution in [0.4, 0.5) is 5.82 Å². The molecule has 1 spiro atoms. The Balaban J connectivity index is 1.44. The van der Waals surface area contributed by atoms with Crippen LogP contribution in [0.5, 0.6) is 0 Å². The van der Waals surface area contributed by atoms with Crippen LogP contribution in [0.25, 0.3) is 0 Å². The monoisotopic (exact) mass is 354 g/mol. The lowest BCUT2D eigenvalue weighted by atomic mass is 9.79. The van der Waals surface area contributed by atoms with Gasteiger partial charge in [0.2, 0.25) is 5.91 Å². The number of amides is 1. The zero-order chi connectivity index (χ0) is 17.1. The van der Waals surface area contributed by atoms with E-state index in [1.54, 1.807) is 11.8 Å². The molecule has 130 valence electrons. The molecular weight excluding hydrogens is 332 g/mol. The molecule has 4 rings (SSSR count). The standard InChI is InChI=1S/C19H22N4OS/c24-17-9-19(13-21-17)7-4-8-23(14-19)16-10-20-11-18(22-16)25-12-15-5-2-1-3-6-15/h1-3,5-6,10-11H,4,7-9,12-14H2,(H,21,24). The number of benzene rings is 1. The highest BCUT2D eigenvalue weighted by Crippen LogP contribution is 2.37. The van der Waals surface area contributed by atoms with Crippen molar-refractivity contribution in [2.75, 3.05) is 24.5 Å². The number of thioether (sulfide) groups is 1. The minimum Gasteiger partial charge on any atom is -0.355 e. The van der Waals surface area contributed by atoms with Crippen LogP contribution < -0.4 is 10.2 Å². The summed E-state index contributed by atoms with van der Waals surface area (Å²) in [7, 11) is 0. The lowest BCUT2D eigenvalue weighted by molar-refractivity contribution is -0.119. The van der Waals surface area contributed by atoms with Crippen LogP contribution in [0.3, 0.4) is 0 Å². The molecule has 0 radical (unpaired) electrons. The Bertz CT molecular complexity index is 754. The predicted octanol–water partition coefficient (Wildman–Crippen LogP) is 2.88. The molecule has 0 aliphatic carbocycles. The molecule has 0 bridgehead atoms. The van der Waals surface area contributed by atoms with Crippen LogP contribution in [-0.4, -0.2) is 35.5 Å².